The molecule has 1 aliphatic rings. The van der Waals surface area contributed by atoms with E-state index in [9.17, 15) is 0 Å². The molecule has 0 saturated heterocycles. The second-order valence-electron chi connectivity index (χ2n) is 11.5. The summed E-state index contributed by atoms with van der Waals surface area (Å²) < 4.78 is 0. The summed E-state index contributed by atoms with van der Waals surface area (Å²) in [7, 11) is 0. The van der Waals surface area contributed by atoms with Crippen molar-refractivity contribution in [2.24, 2.45) is 0 Å². The highest BCUT2D eigenvalue weighted by atomic mass is 14.9. The first-order valence-corrected chi connectivity index (χ1v) is 14.0. The minimum absolute atomic E-state index is 0.0374. The standard InChI is InChI=1S/C39H29N/c1-39(2)35-20-19-29(24-34(35)33-22-27-12-3-4-13-28(27)23-36(33)39)40-37-21-18-26-11-6-8-16-31(26)38(37)32-17-9-14-25-10-5-7-15-30(25)32/h3-24,40H,1-2H3. The van der Waals surface area contributed by atoms with Gasteiger partial charge in [0.1, 0.15) is 0 Å². The van der Waals surface area contributed by atoms with E-state index in [4.69, 9.17) is 0 Å². The van der Waals surface area contributed by atoms with Gasteiger partial charge in [0.2, 0.25) is 0 Å². The summed E-state index contributed by atoms with van der Waals surface area (Å²) in [5.74, 6) is 0. The van der Waals surface area contributed by atoms with Gasteiger partial charge in [-0.2, -0.15) is 0 Å². The van der Waals surface area contributed by atoms with Gasteiger partial charge in [0.15, 0.2) is 0 Å². The molecule has 0 aliphatic heterocycles. The second-order valence-corrected chi connectivity index (χ2v) is 11.5. The molecule has 0 amide bonds. The van der Waals surface area contributed by atoms with Gasteiger partial charge >= 0.3 is 0 Å². The van der Waals surface area contributed by atoms with Gasteiger partial charge in [0, 0.05) is 22.4 Å². The predicted molar refractivity (Wildman–Crippen MR) is 172 cm³/mol. The van der Waals surface area contributed by atoms with Crippen molar-refractivity contribution in [2.45, 2.75) is 19.3 Å². The maximum atomic E-state index is 3.85. The van der Waals surface area contributed by atoms with Crippen LogP contribution in [0.4, 0.5) is 11.4 Å². The van der Waals surface area contributed by atoms with Crippen LogP contribution in [0, 0.1) is 0 Å². The molecule has 0 radical (unpaired) electrons. The summed E-state index contributed by atoms with van der Waals surface area (Å²) in [6.07, 6.45) is 0. The van der Waals surface area contributed by atoms with Gasteiger partial charge in [-0.15, -0.1) is 0 Å². The van der Waals surface area contributed by atoms with Crippen molar-refractivity contribution >= 4 is 43.7 Å². The van der Waals surface area contributed by atoms with Crippen molar-refractivity contribution in [3.63, 3.8) is 0 Å². The third kappa shape index (κ3) is 3.41. The van der Waals surface area contributed by atoms with Gasteiger partial charge in [-0.1, -0.05) is 117 Å². The largest absolute Gasteiger partial charge is 0.355 e. The smallest absolute Gasteiger partial charge is 0.0470 e. The Morgan fingerprint density at radius 2 is 1.07 bits per heavy atom. The first kappa shape index (κ1) is 23.0. The lowest BCUT2D eigenvalue weighted by Crippen LogP contribution is -2.14. The van der Waals surface area contributed by atoms with Crippen LogP contribution in [0.1, 0.15) is 25.0 Å². The van der Waals surface area contributed by atoms with Crippen molar-refractivity contribution in [2.75, 3.05) is 5.32 Å². The van der Waals surface area contributed by atoms with Crippen LogP contribution in [-0.2, 0) is 5.41 Å². The van der Waals surface area contributed by atoms with Crippen LogP contribution >= 0.6 is 0 Å². The van der Waals surface area contributed by atoms with Crippen LogP contribution in [0.5, 0.6) is 0 Å². The number of nitrogens with one attached hydrogen (secondary N) is 1. The average molecular weight is 512 g/mol. The summed E-state index contributed by atoms with van der Waals surface area (Å²) >= 11 is 0. The predicted octanol–water partition coefficient (Wildman–Crippen LogP) is 10.9. The highest BCUT2D eigenvalue weighted by Crippen LogP contribution is 2.51. The number of rotatable bonds is 3. The molecule has 1 heteroatoms. The third-order valence-electron chi connectivity index (χ3n) is 8.81. The van der Waals surface area contributed by atoms with Gasteiger partial charge in [0.05, 0.1) is 0 Å². The molecule has 0 unspecified atom stereocenters. The Morgan fingerprint density at radius 1 is 0.450 bits per heavy atom. The molecule has 40 heavy (non-hydrogen) atoms. The van der Waals surface area contributed by atoms with E-state index in [0.717, 1.165) is 11.4 Å². The molecule has 7 aromatic rings. The van der Waals surface area contributed by atoms with Crippen molar-refractivity contribution in [3.8, 4) is 22.3 Å². The maximum Gasteiger partial charge on any atom is 0.0470 e. The lowest BCUT2D eigenvalue weighted by atomic mass is 9.82. The fraction of sp³-hybridized carbons (Fsp3) is 0.0769. The topological polar surface area (TPSA) is 12.0 Å². The van der Waals surface area contributed by atoms with Gasteiger partial charge in [-0.3, -0.25) is 0 Å². The molecule has 1 aliphatic carbocycles. The molecule has 0 saturated carbocycles. The summed E-state index contributed by atoms with van der Waals surface area (Å²) in [6.45, 7) is 4.70. The number of fused-ring (bicyclic) bond motifs is 6. The molecular weight excluding hydrogens is 482 g/mol. The van der Waals surface area contributed by atoms with E-state index in [2.05, 4.69) is 153 Å². The molecule has 0 heterocycles. The van der Waals surface area contributed by atoms with E-state index in [1.807, 2.05) is 0 Å². The Morgan fingerprint density at radius 3 is 1.88 bits per heavy atom. The van der Waals surface area contributed by atoms with E-state index in [1.165, 1.54) is 65.7 Å². The van der Waals surface area contributed by atoms with E-state index in [-0.39, 0.29) is 5.41 Å². The van der Waals surface area contributed by atoms with Gasteiger partial charge in [0.25, 0.3) is 0 Å². The van der Waals surface area contributed by atoms with Gasteiger partial charge < -0.3 is 5.32 Å². The maximum absolute atomic E-state index is 3.85. The lowest BCUT2D eigenvalue weighted by molar-refractivity contribution is 0.661. The zero-order valence-electron chi connectivity index (χ0n) is 22.7. The summed E-state index contributed by atoms with van der Waals surface area (Å²) in [4.78, 5) is 0. The highest BCUT2D eigenvalue weighted by molar-refractivity contribution is 6.10. The quantitative estimate of drug-likeness (QED) is 0.249. The molecule has 190 valence electrons. The zero-order valence-corrected chi connectivity index (χ0v) is 22.7. The Kier molecular flexibility index (Phi) is 4.93. The monoisotopic (exact) mass is 511 g/mol. The molecule has 0 bridgehead atoms. The first-order valence-electron chi connectivity index (χ1n) is 14.0. The van der Waals surface area contributed by atoms with E-state index in [1.54, 1.807) is 0 Å². The van der Waals surface area contributed by atoms with Crippen LogP contribution < -0.4 is 5.32 Å². The van der Waals surface area contributed by atoms with Crippen molar-refractivity contribution in [1.29, 1.82) is 0 Å². The second kappa shape index (κ2) is 8.56. The third-order valence-corrected chi connectivity index (χ3v) is 8.81. The molecule has 0 fully saturated rings. The summed E-state index contributed by atoms with van der Waals surface area (Å²) in [5, 5.41) is 11.5. The minimum atomic E-state index is -0.0374. The summed E-state index contributed by atoms with van der Waals surface area (Å²) in [5.41, 5.74) is 10.1. The molecule has 7 aromatic carbocycles. The highest BCUT2D eigenvalue weighted by Gasteiger charge is 2.35. The SMILES string of the molecule is CC1(C)c2ccc(Nc3ccc4ccccc4c3-c3cccc4ccccc34)cc2-c2cc3ccccc3cc21. The van der Waals surface area contributed by atoms with Crippen LogP contribution in [0.25, 0.3) is 54.6 Å². The average Bonchev–Trinajstić information content (AvgIpc) is 3.21. The fourth-order valence-corrected chi connectivity index (χ4v) is 6.78. The molecule has 0 aromatic heterocycles. The van der Waals surface area contributed by atoms with Crippen LogP contribution in [0.3, 0.4) is 0 Å². The number of hydrogen-bond acceptors (Lipinski definition) is 1. The Balaban J connectivity index is 1.31. The van der Waals surface area contributed by atoms with Gasteiger partial charge in [-0.05, 0) is 90.5 Å². The summed E-state index contributed by atoms with van der Waals surface area (Å²) in [6, 6.07) is 48.8. The molecule has 0 atom stereocenters. The van der Waals surface area contributed by atoms with E-state index in [0.29, 0.717) is 0 Å². The Labute approximate surface area is 234 Å². The van der Waals surface area contributed by atoms with Gasteiger partial charge in [-0.25, -0.2) is 0 Å². The van der Waals surface area contributed by atoms with Crippen LogP contribution in [0.2, 0.25) is 0 Å². The first-order chi connectivity index (χ1) is 19.6. The normalized spacial score (nSPS) is 13.4. The minimum Gasteiger partial charge on any atom is -0.355 e. The number of hydrogen-bond donors (Lipinski definition) is 1. The molecule has 1 N–H and O–H groups in total. The van der Waals surface area contributed by atoms with E-state index < -0.39 is 0 Å². The Hall–Kier alpha value is -4.88. The Bertz CT molecular complexity index is 2110. The molecule has 0 spiro atoms. The zero-order chi connectivity index (χ0) is 26.8. The van der Waals surface area contributed by atoms with E-state index >= 15 is 0 Å². The lowest BCUT2D eigenvalue weighted by Gasteiger charge is -2.22. The van der Waals surface area contributed by atoms with Crippen molar-refractivity contribution in [1.82, 2.24) is 0 Å². The van der Waals surface area contributed by atoms with Crippen LogP contribution in [0.15, 0.2) is 133 Å². The number of anilines is 2. The molecule has 1 nitrogen and oxygen atoms in total. The van der Waals surface area contributed by atoms with Crippen molar-refractivity contribution < 1.29 is 0 Å². The van der Waals surface area contributed by atoms with Crippen molar-refractivity contribution in [3.05, 3.63) is 145 Å². The fourth-order valence-electron chi connectivity index (χ4n) is 6.78. The van der Waals surface area contributed by atoms with Crippen LogP contribution in [-0.4, -0.2) is 0 Å². The molecule has 8 rings (SSSR count). The molecular formula is C39H29N. The number of benzene rings is 7.